The molecule has 0 saturated carbocycles. The van der Waals surface area contributed by atoms with Crippen LogP contribution in [0.1, 0.15) is 46.5 Å². The van der Waals surface area contributed by atoms with E-state index in [0.29, 0.717) is 12.2 Å². The van der Waals surface area contributed by atoms with Gasteiger partial charge in [0.2, 0.25) is 0 Å². The van der Waals surface area contributed by atoms with E-state index in [1.807, 2.05) is 20.8 Å². The molecule has 7 heteroatoms. The summed E-state index contributed by atoms with van der Waals surface area (Å²) in [5.74, 6) is 0.490. The van der Waals surface area contributed by atoms with Crippen LogP contribution in [0.3, 0.4) is 0 Å². The summed E-state index contributed by atoms with van der Waals surface area (Å²) in [4.78, 5) is 0. The average Bonchev–Trinajstić information content (AvgIpc) is 2.43. The predicted octanol–water partition coefficient (Wildman–Crippen LogP) is 2.11. The van der Waals surface area contributed by atoms with Gasteiger partial charge >= 0.3 is 10.2 Å². The van der Waals surface area contributed by atoms with Crippen LogP contribution in [-0.4, -0.2) is 23.2 Å². The number of hydrogen-bond donors (Lipinski definition) is 0. The Morgan fingerprint density at radius 1 is 1.29 bits per heavy atom. The largest absolute Gasteiger partial charge is 0.368 e. The molecule has 1 aromatic heterocycles. The van der Waals surface area contributed by atoms with Crippen LogP contribution in [-0.2, 0) is 16.6 Å². The summed E-state index contributed by atoms with van der Waals surface area (Å²) in [6, 6.07) is -0.206. The first kappa shape index (κ1) is 14.1. The third kappa shape index (κ3) is 3.49. The average molecular weight is 263 g/mol. The van der Waals surface area contributed by atoms with Gasteiger partial charge in [-0.1, -0.05) is 24.7 Å². The van der Waals surface area contributed by atoms with Crippen LogP contribution in [0.2, 0.25) is 0 Å². The second kappa shape index (κ2) is 4.36. The SMILES string of the molecule is CC(C)n1c(CC(C)(C)C)nnc1S(=O)(=O)F. The van der Waals surface area contributed by atoms with Gasteiger partial charge in [0.05, 0.1) is 0 Å². The summed E-state index contributed by atoms with van der Waals surface area (Å²) in [5.41, 5.74) is -0.0724. The van der Waals surface area contributed by atoms with Crippen molar-refractivity contribution in [2.75, 3.05) is 0 Å². The van der Waals surface area contributed by atoms with Crippen LogP contribution in [0.15, 0.2) is 5.16 Å². The molecule has 1 rings (SSSR count). The van der Waals surface area contributed by atoms with Crippen molar-refractivity contribution in [2.45, 2.75) is 52.2 Å². The smallest absolute Gasteiger partial charge is 0.297 e. The van der Waals surface area contributed by atoms with Gasteiger partial charge in [-0.05, 0) is 19.3 Å². The Morgan fingerprint density at radius 2 is 1.82 bits per heavy atom. The summed E-state index contributed by atoms with van der Waals surface area (Å²) in [6.45, 7) is 9.52. The van der Waals surface area contributed by atoms with Gasteiger partial charge in [0, 0.05) is 12.5 Å². The van der Waals surface area contributed by atoms with Gasteiger partial charge in [-0.25, -0.2) is 0 Å². The van der Waals surface area contributed by atoms with Crippen molar-refractivity contribution >= 4 is 10.2 Å². The molecule has 1 heterocycles. The fraction of sp³-hybridized carbons (Fsp3) is 0.800. The minimum atomic E-state index is -4.82. The molecule has 0 amide bonds. The van der Waals surface area contributed by atoms with Crippen molar-refractivity contribution in [2.24, 2.45) is 5.41 Å². The molecular weight excluding hydrogens is 245 g/mol. The summed E-state index contributed by atoms with van der Waals surface area (Å²) in [7, 11) is -4.82. The molecule has 0 aliphatic rings. The molecule has 0 spiro atoms. The summed E-state index contributed by atoms with van der Waals surface area (Å²) < 4.78 is 36.3. The van der Waals surface area contributed by atoms with Gasteiger partial charge in [0.25, 0.3) is 5.16 Å². The zero-order valence-corrected chi connectivity index (χ0v) is 11.5. The summed E-state index contributed by atoms with van der Waals surface area (Å²) in [6.07, 6.45) is 0.535. The maximum absolute atomic E-state index is 13.0. The quantitative estimate of drug-likeness (QED) is 0.783. The molecule has 0 saturated heterocycles. The van der Waals surface area contributed by atoms with E-state index in [2.05, 4.69) is 10.2 Å². The number of nitrogens with zero attached hydrogens (tertiary/aromatic N) is 3. The van der Waals surface area contributed by atoms with Crippen molar-refractivity contribution in [1.82, 2.24) is 14.8 Å². The lowest BCUT2D eigenvalue weighted by Gasteiger charge is -2.19. The van der Waals surface area contributed by atoms with Gasteiger partial charge in [-0.15, -0.1) is 10.2 Å². The van der Waals surface area contributed by atoms with Gasteiger partial charge in [-0.2, -0.15) is 8.42 Å². The lowest BCUT2D eigenvalue weighted by molar-refractivity contribution is 0.380. The fourth-order valence-corrected chi connectivity index (χ4v) is 2.28. The Labute approximate surface area is 101 Å². The van der Waals surface area contributed by atoms with E-state index in [1.165, 1.54) is 4.57 Å². The number of rotatable bonds is 3. The normalized spacial score (nSPS) is 13.4. The van der Waals surface area contributed by atoms with E-state index in [9.17, 15) is 12.3 Å². The minimum absolute atomic E-state index is 0.0724. The van der Waals surface area contributed by atoms with Crippen molar-refractivity contribution < 1.29 is 12.3 Å². The number of halogens is 1. The second-order valence-corrected chi connectivity index (χ2v) is 6.78. The van der Waals surface area contributed by atoms with Crippen LogP contribution in [0, 0.1) is 5.41 Å². The maximum Gasteiger partial charge on any atom is 0.368 e. The summed E-state index contributed by atoms with van der Waals surface area (Å²) >= 11 is 0. The maximum atomic E-state index is 13.0. The molecule has 0 radical (unpaired) electrons. The van der Waals surface area contributed by atoms with E-state index in [1.54, 1.807) is 13.8 Å². The highest BCUT2D eigenvalue weighted by molar-refractivity contribution is 7.86. The summed E-state index contributed by atoms with van der Waals surface area (Å²) in [5, 5.41) is 6.62. The van der Waals surface area contributed by atoms with Gasteiger partial charge in [-0.3, -0.25) is 4.57 Å². The molecule has 0 aliphatic heterocycles. The van der Waals surface area contributed by atoms with Crippen LogP contribution < -0.4 is 0 Å². The van der Waals surface area contributed by atoms with E-state index in [4.69, 9.17) is 0 Å². The lowest BCUT2D eigenvalue weighted by atomic mass is 9.92. The molecule has 0 bridgehead atoms. The van der Waals surface area contributed by atoms with Gasteiger partial charge < -0.3 is 0 Å². The van der Waals surface area contributed by atoms with Crippen molar-refractivity contribution in [1.29, 1.82) is 0 Å². The molecule has 0 unspecified atom stereocenters. The van der Waals surface area contributed by atoms with Crippen LogP contribution in [0.5, 0.6) is 0 Å². The fourth-order valence-electron chi connectivity index (χ4n) is 1.59. The molecule has 0 atom stereocenters. The van der Waals surface area contributed by atoms with Crippen molar-refractivity contribution in [3.8, 4) is 0 Å². The zero-order chi connectivity index (χ0) is 13.4. The minimum Gasteiger partial charge on any atom is -0.297 e. The first-order valence-electron chi connectivity index (χ1n) is 5.41. The van der Waals surface area contributed by atoms with Crippen molar-refractivity contribution in [3.63, 3.8) is 0 Å². The van der Waals surface area contributed by atoms with E-state index < -0.39 is 15.4 Å². The molecule has 0 aliphatic carbocycles. The van der Waals surface area contributed by atoms with Crippen LogP contribution >= 0.6 is 0 Å². The number of aromatic nitrogens is 3. The Kier molecular flexibility index (Phi) is 3.61. The van der Waals surface area contributed by atoms with E-state index >= 15 is 0 Å². The van der Waals surface area contributed by atoms with Crippen LogP contribution in [0.25, 0.3) is 0 Å². The van der Waals surface area contributed by atoms with E-state index in [-0.39, 0.29) is 11.5 Å². The third-order valence-corrected chi connectivity index (χ3v) is 2.87. The highest BCUT2D eigenvalue weighted by Crippen LogP contribution is 2.24. The molecule has 17 heavy (non-hydrogen) atoms. The zero-order valence-electron chi connectivity index (χ0n) is 10.7. The lowest BCUT2D eigenvalue weighted by Crippen LogP contribution is -2.17. The highest BCUT2D eigenvalue weighted by Gasteiger charge is 2.27. The molecule has 0 fully saturated rings. The molecule has 0 aromatic carbocycles. The van der Waals surface area contributed by atoms with Gasteiger partial charge in [0.15, 0.2) is 0 Å². The van der Waals surface area contributed by atoms with Gasteiger partial charge in [0.1, 0.15) is 5.82 Å². The highest BCUT2D eigenvalue weighted by atomic mass is 32.3. The Balaban J connectivity index is 3.31. The molecule has 98 valence electrons. The Hall–Kier alpha value is -0.980. The molecular formula is C10H18FN3O2S. The Morgan fingerprint density at radius 3 is 2.18 bits per heavy atom. The monoisotopic (exact) mass is 263 g/mol. The van der Waals surface area contributed by atoms with Crippen molar-refractivity contribution in [3.05, 3.63) is 5.82 Å². The predicted molar refractivity (Wildman–Crippen MR) is 61.9 cm³/mol. The molecule has 0 N–H and O–H groups in total. The van der Waals surface area contributed by atoms with Crippen LogP contribution in [0.4, 0.5) is 3.89 Å². The molecule has 5 nitrogen and oxygen atoms in total. The molecule has 1 aromatic rings. The topological polar surface area (TPSA) is 64.8 Å². The first-order valence-corrected chi connectivity index (χ1v) is 6.79. The second-order valence-electron chi connectivity index (χ2n) is 5.54. The number of hydrogen-bond acceptors (Lipinski definition) is 4. The Bertz CT molecular complexity index is 500. The third-order valence-electron chi connectivity index (χ3n) is 2.16. The first-order chi connectivity index (χ1) is 7.52. The van der Waals surface area contributed by atoms with E-state index in [0.717, 1.165) is 0 Å². The standard InChI is InChI=1S/C10H18FN3O2S/c1-7(2)14-8(6-10(3,4)5)12-13-9(14)17(11,15)16/h7H,6H2,1-5H3.